The predicted octanol–water partition coefficient (Wildman–Crippen LogP) is 5.72. The van der Waals surface area contributed by atoms with Crippen molar-refractivity contribution in [3.8, 4) is 11.5 Å². The molecule has 6 nitrogen and oxygen atoms in total. The highest BCUT2D eigenvalue weighted by Gasteiger charge is 2.30. The van der Waals surface area contributed by atoms with Crippen molar-refractivity contribution in [3.05, 3.63) is 53.6 Å². The third kappa shape index (κ3) is 6.13. The van der Waals surface area contributed by atoms with Gasteiger partial charge in [-0.05, 0) is 70.0 Å². The number of carbonyl (C=O) groups excluding carboxylic acids is 2. The Balaban J connectivity index is 1.58. The van der Waals surface area contributed by atoms with Crippen LogP contribution in [0.1, 0.15) is 33.6 Å². The molecular formula is C23H27ClN2O4. The van der Waals surface area contributed by atoms with Crippen molar-refractivity contribution < 1.29 is 19.1 Å². The monoisotopic (exact) mass is 430 g/mol. The van der Waals surface area contributed by atoms with Crippen molar-refractivity contribution in [3.63, 3.8) is 0 Å². The summed E-state index contributed by atoms with van der Waals surface area (Å²) in [4.78, 5) is 26.7. The molecule has 2 aromatic carbocycles. The van der Waals surface area contributed by atoms with Gasteiger partial charge in [0.1, 0.15) is 11.4 Å². The maximum Gasteiger partial charge on any atom is 0.410 e. The molecule has 1 N–H and O–H groups in total. The minimum atomic E-state index is -0.529. The van der Waals surface area contributed by atoms with E-state index in [2.05, 4.69) is 5.32 Å². The van der Waals surface area contributed by atoms with Gasteiger partial charge < -0.3 is 19.7 Å². The number of anilines is 1. The molecule has 0 spiro atoms. The summed E-state index contributed by atoms with van der Waals surface area (Å²) < 4.78 is 11.3. The van der Waals surface area contributed by atoms with Crippen LogP contribution in [0.4, 0.5) is 10.5 Å². The normalized spacial score (nSPS) is 14.9. The number of halogens is 1. The number of hydrogen-bond donors (Lipinski definition) is 1. The summed E-state index contributed by atoms with van der Waals surface area (Å²) in [6.07, 6.45) is 0.847. The lowest BCUT2D eigenvalue weighted by Gasteiger charge is -2.33. The summed E-state index contributed by atoms with van der Waals surface area (Å²) in [5.74, 6) is 0.935. The topological polar surface area (TPSA) is 67.9 Å². The first-order valence-corrected chi connectivity index (χ1v) is 10.4. The SMILES string of the molecule is CC(C)(C)OC(=O)N1CCC(C(=O)Nc2ccccc2Oc2ccc(Cl)cc2)CC1. The van der Waals surface area contributed by atoms with Gasteiger partial charge in [0.15, 0.2) is 5.75 Å². The van der Waals surface area contributed by atoms with E-state index in [1.807, 2.05) is 32.9 Å². The molecule has 2 aromatic rings. The summed E-state index contributed by atoms with van der Waals surface area (Å²) >= 11 is 5.92. The van der Waals surface area contributed by atoms with Crippen LogP contribution < -0.4 is 10.1 Å². The van der Waals surface area contributed by atoms with E-state index in [1.54, 1.807) is 41.3 Å². The number of amides is 2. The lowest BCUT2D eigenvalue weighted by Crippen LogP contribution is -2.43. The highest BCUT2D eigenvalue weighted by atomic mass is 35.5. The molecule has 0 radical (unpaired) electrons. The molecule has 7 heteroatoms. The number of likely N-dealkylation sites (tertiary alicyclic amines) is 1. The lowest BCUT2D eigenvalue weighted by molar-refractivity contribution is -0.121. The number of nitrogens with zero attached hydrogens (tertiary/aromatic N) is 1. The van der Waals surface area contributed by atoms with Crippen molar-refractivity contribution in [2.45, 2.75) is 39.2 Å². The van der Waals surface area contributed by atoms with Crippen molar-refractivity contribution in [2.75, 3.05) is 18.4 Å². The fourth-order valence-electron chi connectivity index (χ4n) is 3.17. The average molecular weight is 431 g/mol. The highest BCUT2D eigenvalue weighted by Crippen LogP contribution is 2.31. The molecule has 160 valence electrons. The second-order valence-corrected chi connectivity index (χ2v) is 8.72. The van der Waals surface area contributed by atoms with Crippen molar-refractivity contribution in [2.24, 2.45) is 5.92 Å². The Morgan fingerprint density at radius 3 is 2.30 bits per heavy atom. The number of nitrogens with one attached hydrogen (secondary N) is 1. The van der Waals surface area contributed by atoms with Crippen LogP contribution in [-0.4, -0.2) is 35.6 Å². The van der Waals surface area contributed by atoms with Crippen LogP contribution in [0, 0.1) is 5.92 Å². The molecule has 1 fully saturated rings. The number of ether oxygens (including phenoxy) is 2. The van der Waals surface area contributed by atoms with Crippen LogP contribution in [0.2, 0.25) is 5.02 Å². The van der Waals surface area contributed by atoms with Crippen molar-refractivity contribution >= 4 is 29.3 Å². The molecule has 1 aliphatic rings. The fourth-order valence-corrected chi connectivity index (χ4v) is 3.30. The Morgan fingerprint density at radius 1 is 1.03 bits per heavy atom. The van der Waals surface area contributed by atoms with Crippen LogP contribution in [0.5, 0.6) is 11.5 Å². The van der Waals surface area contributed by atoms with Crippen LogP contribution in [0.15, 0.2) is 48.5 Å². The molecule has 0 bridgehead atoms. The number of piperidine rings is 1. The smallest absolute Gasteiger partial charge is 0.410 e. The van der Waals surface area contributed by atoms with Gasteiger partial charge in [-0.25, -0.2) is 4.79 Å². The molecule has 1 saturated heterocycles. The first-order valence-electron chi connectivity index (χ1n) is 10.0. The summed E-state index contributed by atoms with van der Waals surface area (Å²) in [7, 11) is 0. The van der Waals surface area contributed by atoms with E-state index in [-0.39, 0.29) is 17.9 Å². The third-order valence-electron chi connectivity index (χ3n) is 4.70. The third-order valence-corrected chi connectivity index (χ3v) is 4.96. The van der Waals surface area contributed by atoms with E-state index in [1.165, 1.54) is 0 Å². The Labute approximate surface area is 182 Å². The summed E-state index contributed by atoms with van der Waals surface area (Å²) in [5.41, 5.74) is 0.0751. The highest BCUT2D eigenvalue weighted by molar-refractivity contribution is 6.30. The van der Waals surface area contributed by atoms with Crippen LogP contribution in [-0.2, 0) is 9.53 Å². The molecule has 1 heterocycles. The maximum absolute atomic E-state index is 12.8. The van der Waals surface area contributed by atoms with E-state index >= 15 is 0 Å². The van der Waals surface area contributed by atoms with Gasteiger partial charge in [-0.1, -0.05) is 23.7 Å². The van der Waals surface area contributed by atoms with E-state index in [4.69, 9.17) is 21.1 Å². The number of carbonyl (C=O) groups is 2. The summed E-state index contributed by atoms with van der Waals surface area (Å²) in [6.45, 7) is 6.52. The van der Waals surface area contributed by atoms with Gasteiger partial charge in [-0.3, -0.25) is 4.79 Å². The minimum absolute atomic E-state index is 0.0778. The quantitative estimate of drug-likeness (QED) is 0.673. The maximum atomic E-state index is 12.8. The van der Waals surface area contributed by atoms with Crippen LogP contribution in [0.25, 0.3) is 0 Å². The van der Waals surface area contributed by atoms with Crippen molar-refractivity contribution in [1.82, 2.24) is 4.90 Å². The first-order chi connectivity index (χ1) is 14.2. The molecule has 30 heavy (non-hydrogen) atoms. The van der Waals surface area contributed by atoms with Gasteiger partial charge in [0, 0.05) is 24.0 Å². The molecule has 3 rings (SSSR count). The molecule has 0 aliphatic carbocycles. The van der Waals surface area contributed by atoms with E-state index in [9.17, 15) is 9.59 Å². The zero-order valence-electron chi connectivity index (χ0n) is 17.5. The summed E-state index contributed by atoms with van der Waals surface area (Å²) in [6, 6.07) is 14.3. The van der Waals surface area contributed by atoms with Gasteiger partial charge in [0.2, 0.25) is 5.91 Å². The van der Waals surface area contributed by atoms with Crippen molar-refractivity contribution in [1.29, 1.82) is 0 Å². The van der Waals surface area contributed by atoms with E-state index in [0.717, 1.165) is 0 Å². The molecular weight excluding hydrogens is 404 g/mol. The zero-order valence-corrected chi connectivity index (χ0v) is 18.2. The first kappa shape index (κ1) is 22.0. The molecule has 1 aliphatic heterocycles. The molecule has 0 aromatic heterocycles. The Kier molecular flexibility index (Phi) is 6.87. The standard InChI is InChI=1S/C23H27ClN2O4/c1-23(2,3)30-22(28)26-14-12-16(13-15-26)21(27)25-19-6-4-5-7-20(19)29-18-10-8-17(24)9-11-18/h4-11,16H,12-15H2,1-3H3,(H,25,27). The minimum Gasteiger partial charge on any atom is -0.455 e. The van der Waals surface area contributed by atoms with Gasteiger partial charge >= 0.3 is 6.09 Å². The number of rotatable bonds is 4. The molecule has 0 unspecified atom stereocenters. The second kappa shape index (κ2) is 9.39. The summed E-state index contributed by atoms with van der Waals surface area (Å²) in [5, 5.41) is 3.60. The largest absolute Gasteiger partial charge is 0.455 e. The Hall–Kier alpha value is -2.73. The van der Waals surface area contributed by atoms with Crippen LogP contribution in [0.3, 0.4) is 0 Å². The Bertz CT molecular complexity index is 885. The van der Waals surface area contributed by atoms with Gasteiger partial charge in [-0.2, -0.15) is 0 Å². The molecule has 0 saturated carbocycles. The van der Waals surface area contributed by atoms with Gasteiger partial charge in [0.25, 0.3) is 0 Å². The van der Waals surface area contributed by atoms with Gasteiger partial charge in [0.05, 0.1) is 5.69 Å². The molecule has 2 amide bonds. The molecule has 0 atom stereocenters. The average Bonchev–Trinajstić information content (AvgIpc) is 2.70. The zero-order chi connectivity index (χ0) is 21.7. The fraction of sp³-hybridized carbons (Fsp3) is 0.391. The number of hydrogen-bond acceptors (Lipinski definition) is 4. The van der Waals surface area contributed by atoms with E-state index in [0.29, 0.717) is 48.1 Å². The lowest BCUT2D eigenvalue weighted by atomic mass is 9.96. The number of benzene rings is 2. The van der Waals surface area contributed by atoms with E-state index < -0.39 is 5.60 Å². The number of para-hydroxylation sites is 2. The second-order valence-electron chi connectivity index (χ2n) is 8.28. The Morgan fingerprint density at radius 2 is 1.67 bits per heavy atom. The van der Waals surface area contributed by atoms with Gasteiger partial charge in [-0.15, -0.1) is 0 Å². The van der Waals surface area contributed by atoms with Crippen LogP contribution >= 0.6 is 11.6 Å². The predicted molar refractivity (Wildman–Crippen MR) is 117 cm³/mol.